The van der Waals surface area contributed by atoms with Gasteiger partial charge in [-0.05, 0) is 20.8 Å². The molecule has 1 aliphatic rings. The number of carbonyl (C=O) groups excluding carboxylic acids is 1. The van der Waals surface area contributed by atoms with Crippen molar-refractivity contribution in [2.75, 3.05) is 26.2 Å². The first kappa shape index (κ1) is 14.8. The number of carbonyl (C=O) groups is 2. The Balaban J connectivity index is 2.56. The van der Waals surface area contributed by atoms with Gasteiger partial charge in [-0.25, -0.2) is 4.79 Å². The summed E-state index contributed by atoms with van der Waals surface area (Å²) >= 11 is 0. The van der Waals surface area contributed by atoms with E-state index in [2.05, 4.69) is 0 Å². The molecular weight excluding hydrogens is 236 g/mol. The van der Waals surface area contributed by atoms with Gasteiger partial charge in [-0.1, -0.05) is 0 Å². The number of hydrogen-bond acceptors (Lipinski definition) is 3. The molecule has 0 aromatic rings. The van der Waals surface area contributed by atoms with E-state index in [4.69, 9.17) is 9.84 Å². The van der Waals surface area contributed by atoms with Crippen molar-refractivity contribution in [2.45, 2.75) is 39.4 Å². The molecule has 2 unspecified atom stereocenters. The molecule has 0 bridgehead atoms. The van der Waals surface area contributed by atoms with Crippen molar-refractivity contribution in [2.24, 2.45) is 0 Å². The summed E-state index contributed by atoms with van der Waals surface area (Å²) in [5, 5.41) is 8.66. The van der Waals surface area contributed by atoms with E-state index in [-0.39, 0.29) is 31.2 Å². The topological polar surface area (TPSA) is 70.1 Å². The molecule has 1 heterocycles. The fraction of sp³-hybridized carbons (Fsp3) is 0.833. The van der Waals surface area contributed by atoms with Gasteiger partial charge in [0.15, 0.2) is 0 Å². The Hall–Kier alpha value is -1.30. The number of aliphatic carboxylic acids is 1. The molecule has 1 rings (SSSR count). The van der Waals surface area contributed by atoms with Gasteiger partial charge in [0.25, 0.3) is 0 Å². The van der Waals surface area contributed by atoms with Crippen LogP contribution in [0.25, 0.3) is 0 Å². The summed E-state index contributed by atoms with van der Waals surface area (Å²) in [6.45, 7) is 7.62. The minimum absolute atomic E-state index is 0.0188. The molecule has 0 spiro atoms. The van der Waals surface area contributed by atoms with E-state index in [1.807, 2.05) is 20.8 Å². The fourth-order valence-electron chi connectivity index (χ4n) is 2.15. The Labute approximate surface area is 107 Å². The third-order valence-corrected chi connectivity index (χ3v) is 2.94. The average molecular weight is 258 g/mol. The number of nitrogens with zero attached hydrogens (tertiary/aromatic N) is 2. The van der Waals surface area contributed by atoms with Crippen LogP contribution in [0.4, 0.5) is 4.79 Å². The maximum atomic E-state index is 12.2. The maximum Gasteiger partial charge on any atom is 0.320 e. The zero-order chi connectivity index (χ0) is 13.7. The van der Waals surface area contributed by atoms with E-state index < -0.39 is 5.97 Å². The molecule has 1 N–H and O–H groups in total. The summed E-state index contributed by atoms with van der Waals surface area (Å²) in [5.41, 5.74) is 0. The maximum absolute atomic E-state index is 12.2. The highest BCUT2D eigenvalue weighted by atomic mass is 16.5. The lowest BCUT2D eigenvalue weighted by molar-refractivity contribution is -0.137. The molecule has 0 radical (unpaired) electrons. The summed E-state index contributed by atoms with van der Waals surface area (Å²) in [6.07, 6.45) is 0.0291. The van der Waals surface area contributed by atoms with E-state index in [0.29, 0.717) is 19.6 Å². The van der Waals surface area contributed by atoms with E-state index in [1.54, 1.807) is 9.80 Å². The van der Waals surface area contributed by atoms with E-state index in [0.717, 1.165) is 0 Å². The highest BCUT2D eigenvalue weighted by molar-refractivity contribution is 5.75. The van der Waals surface area contributed by atoms with Gasteiger partial charge in [-0.15, -0.1) is 0 Å². The number of carboxylic acid groups (broad SMARTS) is 1. The van der Waals surface area contributed by atoms with Crippen LogP contribution in [-0.4, -0.2) is 65.3 Å². The van der Waals surface area contributed by atoms with Crippen molar-refractivity contribution in [3.63, 3.8) is 0 Å². The average Bonchev–Trinajstić information content (AvgIpc) is 2.27. The van der Waals surface area contributed by atoms with E-state index >= 15 is 0 Å². The van der Waals surface area contributed by atoms with Crippen LogP contribution in [0.5, 0.6) is 0 Å². The van der Waals surface area contributed by atoms with E-state index in [9.17, 15) is 9.59 Å². The Bertz CT molecular complexity index is 298. The minimum Gasteiger partial charge on any atom is -0.481 e. The number of morpholine rings is 1. The van der Waals surface area contributed by atoms with Gasteiger partial charge in [0.1, 0.15) is 0 Å². The summed E-state index contributed by atoms with van der Waals surface area (Å²) in [6, 6.07) is -0.0965. The van der Waals surface area contributed by atoms with Crippen molar-refractivity contribution >= 4 is 12.0 Å². The number of hydrogen-bond donors (Lipinski definition) is 1. The minimum atomic E-state index is -0.884. The van der Waals surface area contributed by atoms with Gasteiger partial charge in [0.05, 0.1) is 18.6 Å². The Morgan fingerprint density at radius 3 is 2.33 bits per heavy atom. The molecule has 2 atom stereocenters. The standard InChI is InChI=1S/C12H22N2O4/c1-4-13(6-5-11(15)16)12(17)14-7-9(2)18-10(3)8-14/h9-10H,4-8H2,1-3H3,(H,15,16). The molecular formula is C12H22N2O4. The first-order valence-electron chi connectivity index (χ1n) is 6.35. The van der Waals surface area contributed by atoms with Crippen molar-refractivity contribution in [1.82, 2.24) is 9.80 Å². The number of carboxylic acids is 1. The van der Waals surface area contributed by atoms with E-state index in [1.165, 1.54) is 0 Å². The summed E-state index contributed by atoms with van der Waals surface area (Å²) in [7, 11) is 0. The SMILES string of the molecule is CCN(CCC(=O)O)C(=O)N1CC(C)OC(C)C1. The zero-order valence-electron chi connectivity index (χ0n) is 11.3. The Morgan fingerprint density at radius 1 is 1.33 bits per heavy atom. The van der Waals surface area contributed by atoms with Crippen LogP contribution in [0.2, 0.25) is 0 Å². The van der Waals surface area contributed by atoms with Crippen LogP contribution in [0, 0.1) is 0 Å². The third-order valence-electron chi connectivity index (χ3n) is 2.94. The normalized spacial score (nSPS) is 23.8. The predicted molar refractivity (Wildman–Crippen MR) is 66.5 cm³/mol. The van der Waals surface area contributed by atoms with Crippen molar-refractivity contribution in [3.8, 4) is 0 Å². The first-order valence-corrected chi connectivity index (χ1v) is 6.35. The molecule has 0 aromatic carbocycles. The molecule has 0 aromatic heterocycles. The molecule has 0 aliphatic carbocycles. The molecule has 1 saturated heterocycles. The van der Waals surface area contributed by atoms with Gasteiger partial charge in [0, 0.05) is 26.2 Å². The van der Waals surface area contributed by atoms with Crippen LogP contribution in [0.3, 0.4) is 0 Å². The van der Waals surface area contributed by atoms with Crippen LogP contribution in [-0.2, 0) is 9.53 Å². The van der Waals surface area contributed by atoms with Gasteiger partial charge < -0.3 is 19.6 Å². The van der Waals surface area contributed by atoms with Gasteiger partial charge in [0.2, 0.25) is 0 Å². The van der Waals surface area contributed by atoms with Crippen molar-refractivity contribution in [1.29, 1.82) is 0 Å². The second kappa shape index (κ2) is 6.58. The Morgan fingerprint density at radius 2 is 1.89 bits per heavy atom. The predicted octanol–water partition coefficient (Wildman–Crippen LogP) is 1.01. The van der Waals surface area contributed by atoms with Crippen molar-refractivity contribution < 1.29 is 19.4 Å². The molecule has 0 saturated carbocycles. The molecule has 1 aliphatic heterocycles. The smallest absolute Gasteiger partial charge is 0.320 e. The second-order valence-corrected chi connectivity index (χ2v) is 4.67. The largest absolute Gasteiger partial charge is 0.481 e. The summed E-state index contributed by atoms with van der Waals surface area (Å²) in [4.78, 5) is 26.1. The number of rotatable bonds is 4. The number of urea groups is 1. The van der Waals surface area contributed by atoms with Gasteiger partial charge in [-0.2, -0.15) is 0 Å². The molecule has 2 amide bonds. The molecule has 18 heavy (non-hydrogen) atoms. The lowest BCUT2D eigenvalue weighted by Crippen LogP contribution is -2.53. The molecule has 6 nitrogen and oxygen atoms in total. The van der Waals surface area contributed by atoms with Crippen LogP contribution >= 0.6 is 0 Å². The molecule has 1 fully saturated rings. The first-order chi connectivity index (χ1) is 8.43. The third kappa shape index (κ3) is 4.18. The zero-order valence-corrected chi connectivity index (χ0v) is 11.3. The monoisotopic (exact) mass is 258 g/mol. The van der Waals surface area contributed by atoms with Gasteiger partial charge >= 0.3 is 12.0 Å². The Kier molecular flexibility index (Phi) is 5.40. The summed E-state index contributed by atoms with van der Waals surface area (Å²) < 4.78 is 5.57. The lowest BCUT2D eigenvalue weighted by Gasteiger charge is -2.38. The van der Waals surface area contributed by atoms with Crippen LogP contribution < -0.4 is 0 Å². The van der Waals surface area contributed by atoms with Crippen LogP contribution in [0.1, 0.15) is 27.2 Å². The quantitative estimate of drug-likeness (QED) is 0.817. The number of amides is 2. The molecule has 6 heteroatoms. The van der Waals surface area contributed by atoms with Crippen LogP contribution in [0.15, 0.2) is 0 Å². The molecule has 104 valence electrons. The second-order valence-electron chi connectivity index (χ2n) is 4.67. The van der Waals surface area contributed by atoms with Crippen molar-refractivity contribution in [3.05, 3.63) is 0 Å². The fourth-order valence-corrected chi connectivity index (χ4v) is 2.15. The number of ether oxygens (including phenoxy) is 1. The van der Waals surface area contributed by atoms with Gasteiger partial charge in [-0.3, -0.25) is 4.79 Å². The summed E-state index contributed by atoms with van der Waals surface area (Å²) in [5.74, 6) is -0.884. The highest BCUT2D eigenvalue weighted by Crippen LogP contribution is 2.13. The lowest BCUT2D eigenvalue weighted by atomic mass is 10.2. The highest BCUT2D eigenvalue weighted by Gasteiger charge is 2.28.